The maximum Gasteiger partial charge on any atom is 0.317 e. The molecular weight excluding hydrogens is 336 g/mol. The molecule has 1 aliphatic carbocycles. The second-order valence-corrected chi connectivity index (χ2v) is 7.29. The number of urea groups is 1. The largest absolute Gasteiger partial charge is 0.459 e. The number of rotatable bonds is 4. The van der Waals surface area contributed by atoms with Crippen molar-refractivity contribution in [2.45, 2.75) is 25.3 Å². The van der Waals surface area contributed by atoms with Crippen LogP contribution in [0.3, 0.4) is 0 Å². The van der Waals surface area contributed by atoms with Crippen molar-refractivity contribution in [1.29, 1.82) is 0 Å². The zero-order valence-electron chi connectivity index (χ0n) is 14.7. The van der Waals surface area contributed by atoms with E-state index in [0.29, 0.717) is 50.9 Å². The fourth-order valence-corrected chi connectivity index (χ4v) is 3.70. The molecule has 4 rings (SSSR count). The highest BCUT2D eigenvalue weighted by molar-refractivity contribution is 5.91. The van der Waals surface area contributed by atoms with Gasteiger partial charge in [-0.3, -0.25) is 9.59 Å². The topological polar surface area (TPSA) is 86.1 Å². The first kappa shape index (κ1) is 16.9. The van der Waals surface area contributed by atoms with E-state index in [1.54, 1.807) is 21.9 Å². The standard InChI is InChI=1S/C18H24N4O4/c23-16-10-13(12-22(16)14-3-4-14)11-19-18(25)21-7-5-20(6-8-21)17(24)15-2-1-9-26-15/h1-2,9,13-14H,3-8,10-12H2,(H,19,25)/t13-/m1/s1. The summed E-state index contributed by atoms with van der Waals surface area (Å²) in [5.41, 5.74) is 0. The van der Waals surface area contributed by atoms with Gasteiger partial charge in [0.05, 0.1) is 6.26 Å². The number of piperazine rings is 1. The van der Waals surface area contributed by atoms with Crippen LogP contribution in [0.4, 0.5) is 4.79 Å². The monoisotopic (exact) mass is 360 g/mol. The van der Waals surface area contributed by atoms with Crippen LogP contribution in [0.2, 0.25) is 0 Å². The van der Waals surface area contributed by atoms with Crippen LogP contribution in [0, 0.1) is 5.92 Å². The Morgan fingerprint density at radius 1 is 1.15 bits per heavy atom. The van der Waals surface area contributed by atoms with E-state index in [4.69, 9.17) is 4.42 Å². The van der Waals surface area contributed by atoms with Crippen LogP contribution in [0.15, 0.2) is 22.8 Å². The highest BCUT2D eigenvalue weighted by atomic mass is 16.3. The quantitative estimate of drug-likeness (QED) is 0.859. The molecule has 140 valence electrons. The molecule has 0 bridgehead atoms. The van der Waals surface area contributed by atoms with E-state index >= 15 is 0 Å². The van der Waals surface area contributed by atoms with Crippen molar-refractivity contribution in [1.82, 2.24) is 20.0 Å². The lowest BCUT2D eigenvalue weighted by Crippen LogP contribution is -2.53. The zero-order valence-corrected chi connectivity index (χ0v) is 14.7. The first-order valence-corrected chi connectivity index (χ1v) is 9.27. The molecule has 2 aliphatic heterocycles. The van der Waals surface area contributed by atoms with E-state index in [9.17, 15) is 14.4 Å². The molecule has 3 heterocycles. The summed E-state index contributed by atoms with van der Waals surface area (Å²) in [6, 6.07) is 3.67. The average molecular weight is 360 g/mol. The fraction of sp³-hybridized carbons (Fsp3) is 0.611. The second-order valence-electron chi connectivity index (χ2n) is 7.29. The molecule has 8 nitrogen and oxygen atoms in total. The molecule has 1 aromatic heterocycles. The Morgan fingerprint density at radius 3 is 2.54 bits per heavy atom. The summed E-state index contributed by atoms with van der Waals surface area (Å²) in [7, 11) is 0. The molecule has 0 aromatic carbocycles. The number of nitrogens with one attached hydrogen (secondary N) is 1. The van der Waals surface area contributed by atoms with Gasteiger partial charge in [0.1, 0.15) is 0 Å². The summed E-state index contributed by atoms with van der Waals surface area (Å²) in [4.78, 5) is 42.0. The van der Waals surface area contributed by atoms with Gasteiger partial charge in [0.25, 0.3) is 5.91 Å². The van der Waals surface area contributed by atoms with Crippen molar-refractivity contribution in [2.24, 2.45) is 5.92 Å². The molecule has 0 spiro atoms. The van der Waals surface area contributed by atoms with Crippen molar-refractivity contribution in [3.05, 3.63) is 24.2 Å². The van der Waals surface area contributed by atoms with Gasteiger partial charge < -0.3 is 24.4 Å². The molecule has 4 amide bonds. The Hall–Kier alpha value is -2.51. The summed E-state index contributed by atoms with van der Waals surface area (Å²) in [6.07, 6.45) is 4.24. The molecule has 3 aliphatic rings. The number of likely N-dealkylation sites (tertiary alicyclic amines) is 1. The minimum Gasteiger partial charge on any atom is -0.459 e. The number of hydrogen-bond acceptors (Lipinski definition) is 4. The average Bonchev–Trinajstić information content (AvgIpc) is 3.21. The molecular formula is C18H24N4O4. The molecule has 0 unspecified atom stereocenters. The van der Waals surface area contributed by atoms with E-state index in [-0.39, 0.29) is 23.8 Å². The van der Waals surface area contributed by atoms with E-state index < -0.39 is 0 Å². The Labute approximate surface area is 152 Å². The van der Waals surface area contributed by atoms with Crippen molar-refractivity contribution in [3.8, 4) is 0 Å². The second kappa shape index (κ2) is 7.01. The fourth-order valence-electron chi connectivity index (χ4n) is 3.70. The van der Waals surface area contributed by atoms with Gasteiger partial charge in [-0.15, -0.1) is 0 Å². The normalized spacial score (nSPS) is 23.5. The highest BCUT2D eigenvalue weighted by Crippen LogP contribution is 2.32. The number of amides is 4. The number of nitrogens with zero attached hydrogens (tertiary/aromatic N) is 3. The number of carbonyl (C=O) groups is 3. The summed E-state index contributed by atoms with van der Waals surface area (Å²) >= 11 is 0. The van der Waals surface area contributed by atoms with Crippen LogP contribution >= 0.6 is 0 Å². The van der Waals surface area contributed by atoms with Gasteiger partial charge >= 0.3 is 6.03 Å². The van der Waals surface area contributed by atoms with E-state index in [2.05, 4.69) is 5.32 Å². The third-order valence-electron chi connectivity index (χ3n) is 5.35. The van der Waals surface area contributed by atoms with Crippen molar-refractivity contribution in [3.63, 3.8) is 0 Å². The number of furan rings is 1. The molecule has 1 atom stereocenters. The predicted molar refractivity (Wildman–Crippen MR) is 92.4 cm³/mol. The summed E-state index contributed by atoms with van der Waals surface area (Å²) in [5, 5.41) is 2.95. The van der Waals surface area contributed by atoms with Gasteiger partial charge in [0, 0.05) is 57.6 Å². The highest BCUT2D eigenvalue weighted by Gasteiger charge is 2.39. The smallest absolute Gasteiger partial charge is 0.317 e. The van der Waals surface area contributed by atoms with Gasteiger partial charge in [-0.1, -0.05) is 0 Å². The first-order valence-electron chi connectivity index (χ1n) is 9.27. The number of hydrogen-bond donors (Lipinski definition) is 1. The van der Waals surface area contributed by atoms with Gasteiger partial charge in [-0.05, 0) is 25.0 Å². The molecule has 3 fully saturated rings. The van der Waals surface area contributed by atoms with Crippen LogP contribution in [0.5, 0.6) is 0 Å². The van der Waals surface area contributed by atoms with Gasteiger partial charge in [0.15, 0.2) is 5.76 Å². The van der Waals surface area contributed by atoms with Gasteiger partial charge in [-0.25, -0.2) is 4.79 Å². The Kier molecular flexibility index (Phi) is 4.57. The van der Waals surface area contributed by atoms with Crippen LogP contribution in [0.25, 0.3) is 0 Å². The van der Waals surface area contributed by atoms with E-state index in [1.807, 2.05) is 4.90 Å². The Bertz CT molecular complexity index is 677. The summed E-state index contributed by atoms with van der Waals surface area (Å²) < 4.78 is 5.14. The molecule has 1 saturated carbocycles. The molecule has 26 heavy (non-hydrogen) atoms. The Morgan fingerprint density at radius 2 is 1.88 bits per heavy atom. The molecule has 0 radical (unpaired) electrons. The lowest BCUT2D eigenvalue weighted by Gasteiger charge is -2.34. The maximum absolute atomic E-state index is 12.4. The third-order valence-corrected chi connectivity index (χ3v) is 5.35. The minimum absolute atomic E-state index is 0.118. The lowest BCUT2D eigenvalue weighted by molar-refractivity contribution is -0.128. The molecule has 2 saturated heterocycles. The third kappa shape index (κ3) is 3.54. The van der Waals surface area contributed by atoms with Crippen LogP contribution in [-0.2, 0) is 4.79 Å². The van der Waals surface area contributed by atoms with Gasteiger partial charge in [0.2, 0.25) is 5.91 Å². The van der Waals surface area contributed by atoms with E-state index in [1.165, 1.54) is 6.26 Å². The Balaban J connectivity index is 1.20. The molecule has 1 N–H and O–H groups in total. The van der Waals surface area contributed by atoms with E-state index in [0.717, 1.165) is 19.4 Å². The minimum atomic E-state index is -0.139. The molecule has 1 aromatic rings. The van der Waals surface area contributed by atoms with Crippen molar-refractivity contribution in [2.75, 3.05) is 39.3 Å². The van der Waals surface area contributed by atoms with Crippen LogP contribution in [0.1, 0.15) is 29.8 Å². The maximum atomic E-state index is 12.4. The van der Waals surface area contributed by atoms with Crippen molar-refractivity contribution >= 4 is 17.8 Å². The number of carbonyl (C=O) groups excluding carboxylic acids is 3. The van der Waals surface area contributed by atoms with Gasteiger partial charge in [-0.2, -0.15) is 0 Å². The van der Waals surface area contributed by atoms with Crippen molar-refractivity contribution < 1.29 is 18.8 Å². The van der Waals surface area contributed by atoms with Crippen LogP contribution in [-0.4, -0.2) is 77.9 Å². The summed E-state index contributed by atoms with van der Waals surface area (Å²) in [5.74, 6) is 0.611. The molecule has 8 heteroatoms. The van der Waals surface area contributed by atoms with Crippen LogP contribution < -0.4 is 5.32 Å². The first-order chi connectivity index (χ1) is 12.6. The SMILES string of the molecule is O=C(NC[C@H]1CC(=O)N(C2CC2)C1)N1CCN(C(=O)c2ccco2)CC1. The lowest BCUT2D eigenvalue weighted by atomic mass is 10.1. The predicted octanol–water partition coefficient (Wildman–Crippen LogP) is 0.758. The zero-order chi connectivity index (χ0) is 18.1. The summed E-state index contributed by atoms with van der Waals surface area (Å²) in [6.45, 7) is 3.26.